The van der Waals surface area contributed by atoms with Gasteiger partial charge in [-0.05, 0) is 19.3 Å². The topological polar surface area (TPSA) is 84.6 Å². The van der Waals surface area contributed by atoms with Gasteiger partial charge >= 0.3 is 0 Å². The third kappa shape index (κ3) is 2.14. The van der Waals surface area contributed by atoms with Crippen molar-refractivity contribution in [3.63, 3.8) is 0 Å². The first-order chi connectivity index (χ1) is 7.10. The lowest BCUT2D eigenvalue weighted by Gasteiger charge is -2.22. The monoisotopic (exact) mass is 214 g/mol. The summed E-state index contributed by atoms with van der Waals surface area (Å²) in [6.07, 6.45) is 2.54. The zero-order valence-corrected chi connectivity index (χ0v) is 8.79. The molecule has 2 aliphatic rings. The van der Waals surface area contributed by atoms with Gasteiger partial charge in [0.05, 0.1) is 13.2 Å². The number of hydrogen-bond acceptors (Lipinski definition) is 4. The molecule has 2 rings (SSSR count). The zero-order valence-electron chi connectivity index (χ0n) is 8.79. The van der Waals surface area contributed by atoms with Crippen molar-refractivity contribution in [2.45, 2.75) is 24.8 Å². The Kier molecular flexibility index (Phi) is 2.70. The van der Waals surface area contributed by atoms with Gasteiger partial charge in [0, 0.05) is 18.6 Å². The number of ether oxygens (including phenoxy) is 1. The molecule has 1 unspecified atom stereocenters. The third-order valence-electron chi connectivity index (χ3n) is 3.42. The summed E-state index contributed by atoms with van der Waals surface area (Å²) in [4.78, 5) is 11.8. The van der Waals surface area contributed by atoms with Crippen LogP contribution in [0.4, 0.5) is 0 Å². The Hall–Kier alpha value is -0.650. The Morgan fingerprint density at radius 1 is 1.47 bits per heavy atom. The number of amides is 1. The van der Waals surface area contributed by atoms with Crippen LogP contribution in [-0.2, 0) is 9.53 Å². The van der Waals surface area contributed by atoms with Crippen molar-refractivity contribution in [1.29, 1.82) is 0 Å². The van der Waals surface area contributed by atoms with Gasteiger partial charge in [0.15, 0.2) is 0 Å². The van der Waals surface area contributed by atoms with Gasteiger partial charge in [-0.1, -0.05) is 0 Å². The van der Waals surface area contributed by atoms with E-state index in [9.17, 15) is 4.79 Å². The normalized spacial score (nSPS) is 32.7. The minimum absolute atomic E-state index is 0.0640. The largest absolute Gasteiger partial charge is 0.396 e. The first-order valence-corrected chi connectivity index (χ1v) is 5.36. The Morgan fingerprint density at radius 2 is 2.20 bits per heavy atom. The molecular formula is C10H18N2O3. The van der Waals surface area contributed by atoms with Crippen molar-refractivity contribution < 1.29 is 14.6 Å². The van der Waals surface area contributed by atoms with E-state index in [1.165, 1.54) is 0 Å². The van der Waals surface area contributed by atoms with Crippen LogP contribution in [0, 0.1) is 5.41 Å². The quantitative estimate of drug-likeness (QED) is 0.560. The first kappa shape index (κ1) is 10.9. The summed E-state index contributed by atoms with van der Waals surface area (Å²) in [5, 5.41) is 11.9. The van der Waals surface area contributed by atoms with Gasteiger partial charge in [0.2, 0.25) is 5.91 Å². The van der Waals surface area contributed by atoms with E-state index in [4.69, 9.17) is 15.6 Å². The van der Waals surface area contributed by atoms with Crippen molar-refractivity contribution in [1.82, 2.24) is 5.32 Å². The zero-order chi connectivity index (χ0) is 10.9. The van der Waals surface area contributed by atoms with Crippen molar-refractivity contribution in [2.24, 2.45) is 11.1 Å². The maximum atomic E-state index is 11.8. The molecule has 4 N–H and O–H groups in total. The number of aliphatic hydroxyl groups is 1. The number of hydrogen-bond donors (Lipinski definition) is 3. The van der Waals surface area contributed by atoms with Crippen LogP contribution in [0.3, 0.4) is 0 Å². The predicted octanol–water partition coefficient (Wildman–Crippen LogP) is -1.01. The molecule has 2 fully saturated rings. The molecule has 0 bridgehead atoms. The summed E-state index contributed by atoms with van der Waals surface area (Å²) < 4.78 is 5.12. The highest BCUT2D eigenvalue weighted by Gasteiger charge is 2.44. The molecule has 1 saturated carbocycles. The molecule has 0 aromatic heterocycles. The average Bonchev–Trinajstić information content (AvgIpc) is 2.90. The second-order valence-corrected chi connectivity index (χ2v) is 4.80. The van der Waals surface area contributed by atoms with Gasteiger partial charge in [0.25, 0.3) is 0 Å². The van der Waals surface area contributed by atoms with E-state index in [0.717, 1.165) is 12.8 Å². The van der Waals surface area contributed by atoms with Crippen molar-refractivity contribution in [3.8, 4) is 0 Å². The van der Waals surface area contributed by atoms with E-state index in [1.807, 2.05) is 0 Å². The number of nitrogens with two attached hydrogens (primary N) is 1. The molecule has 1 atom stereocenters. The first-order valence-electron chi connectivity index (χ1n) is 5.36. The van der Waals surface area contributed by atoms with Gasteiger partial charge in [-0.15, -0.1) is 0 Å². The summed E-state index contributed by atoms with van der Waals surface area (Å²) in [5.41, 5.74) is 4.97. The molecular weight excluding hydrogens is 196 g/mol. The molecule has 1 saturated heterocycles. The van der Waals surface area contributed by atoms with Crippen LogP contribution in [0.25, 0.3) is 0 Å². The van der Waals surface area contributed by atoms with Crippen molar-refractivity contribution in [3.05, 3.63) is 0 Å². The lowest BCUT2D eigenvalue weighted by Crippen LogP contribution is -2.55. The fourth-order valence-electron chi connectivity index (χ4n) is 1.77. The Bertz CT molecular complexity index is 257. The SMILES string of the molecule is NC1(C(=O)NCC2(CO)CC2)CCOC1. The second-order valence-electron chi connectivity index (χ2n) is 4.80. The van der Waals surface area contributed by atoms with E-state index in [1.54, 1.807) is 0 Å². The minimum atomic E-state index is -0.856. The van der Waals surface area contributed by atoms with E-state index < -0.39 is 5.54 Å². The van der Waals surface area contributed by atoms with Gasteiger partial charge in [-0.2, -0.15) is 0 Å². The maximum absolute atomic E-state index is 11.8. The molecule has 0 aromatic carbocycles. The summed E-state index contributed by atoms with van der Waals surface area (Å²) in [7, 11) is 0. The van der Waals surface area contributed by atoms with Gasteiger partial charge < -0.3 is 20.9 Å². The third-order valence-corrected chi connectivity index (χ3v) is 3.42. The standard InChI is InChI=1S/C10H18N2O3/c11-10(3-4-15-7-10)8(14)12-5-9(6-13)1-2-9/h13H,1-7,11H2,(H,12,14). The summed E-state index contributed by atoms with van der Waals surface area (Å²) in [6, 6.07) is 0. The maximum Gasteiger partial charge on any atom is 0.242 e. The Balaban J connectivity index is 1.82. The fourth-order valence-corrected chi connectivity index (χ4v) is 1.77. The minimum Gasteiger partial charge on any atom is -0.396 e. The summed E-state index contributed by atoms with van der Waals surface area (Å²) >= 11 is 0. The van der Waals surface area contributed by atoms with Crippen LogP contribution in [0.5, 0.6) is 0 Å². The van der Waals surface area contributed by atoms with Crippen LogP contribution < -0.4 is 11.1 Å². The van der Waals surface area contributed by atoms with Crippen molar-refractivity contribution in [2.75, 3.05) is 26.4 Å². The number of aliphatic hydroxyl groups excluding tert-OH is 1. The lowest BCUT2D eigenvalue weighted by molar-refractivity contribution is -0.126. The van der Waals surface area contributed by atoms with Gasteiger partial charge in [-0.25, -0.2) is 0 Å². The van der Waals surface area contributed by atoms with E-state index in [0.29, 0.717) is 26.2 Å². The highest BCUT2D eigenvalue weighted by Crippen LogP contribution is 2.44. The molecule has 0 aromatic rings. The van der Waals surface area contributed by atoms with E-state index >= 15 is 0 Å². The molecule has 0 spiro atoms. The summed E-state index contributed by atoms with van der Waals surface area (Å²) in [5.74, 6) is -0.153. The van der Waals surface area contributed by atoms with Crippen LogP contribution >= 0.6 is 0 Å². The number of carbonyl (C=O) groups is 1. The predicted molar refractivity (Wildman–Crippen MR) is 54.1 cm³/mol. The van der Waals surface area contributed by atoms with Gasteiger partial charge in [-0.3, -0.25) is 4.79 Å². The van der Waals surface area contributed by atoms with Crippen LogP contribution in [0.2, 0.25) is 0 Å². The van der Waals surface area contributed by atoms with Crippen LogP contribution in [-0.4, -0.2) is 42.9 Å². The number of nitrogens with one attached hydrogen (secondary N) is 1. The molecule has 5 nitrogen and oxygen atoms in total. The second kappa shape index (κ2) is 3.73. The molecule has 15 heavy (non-hydrogen) atoms. The molecule has 1 aliphatic heterocycles. The van der Waals surface area contributed by atoms with Crippen LogP contribution in [0.1, 0.15) is 19.3 Å². The fraction of sp³-hybridized carbons (Fsp3) is 0.900. The Morgan fingerprint density at radius 3 is 2.67 bits per heavy atom. The molecule has 1 heterocycles. The van der Waals surface area contributed by atoms with Gasteiger partial charge in [0.1, 0.15) is 5.54 Å². The molecule has 1 amide bonds. The highest BCUT2D eigenvalue weighted by atomic mass is 16.5. The van der Waals surface area contributed by atoms with Crippen LogP contribution in [0.15, 0.2) is 0 Å². The molecule has 1 aliphatic carbocycles. The van der Waals surface area contributed by atoms with E-state index in [-0.39, 0.29) is 17.9 Å². The number of rotatable bonds is 4. The Labute approximate surface area is 89.0 Å². The smallest absolute Gasteiger partial charge is 0.242 e. The average molecular weight is 214 g/mol. The summed E-state index contributed by atoms with van der Waals surface area (Å²) in [6.45, 7) is 1.52. The molecule has 86 valence electrons. The lowest BCUT2D eigenvalue weighted by atomic mass is 9.98. The van der Waals surface area contributed by atoms with E-state index in [2.05, 4.69) is 5.32 Å². The van der Waals surface area contributed by atoms with Crippen molar-refractivity contribution >= 4 is 5.91 Å². The molecule has 0 radical (unpaired) electrons. The highest BCUT2D eigenvalue weighted by molar-refractivity contribution is 5.86. The number of carbonyl (C=O) groups excluding carboxylic acids is 1. The molecule has 5 heteroatoms.